The van der Waals surface area contributed by atoms with E-state index >= 15 is 0 Å². The molecule has 0 radical (unpaired) electrons. The van der Waals surface area contributed by atoms with Gasteiger partial charge in [0, 0.05) is 0 Å². The van der Waals surface area contributed by atoms with Crippen molar-refractivity contribution in [3.63, 3.8) is 0 Å². The Hall–Kier alpha value is -0.681. The van der Waals surface area contributed by atoms with E-state index in [4.69, 9.17) is 18.9 Å². The summed E-state index contributed by atoms with van der Waals surface area (Å²) < 4.78 is 26.7. The summed E-state index contributed by atoms with van der Waals surface area (Å²) in [6.45, 7) is 0.614. The third kappa shape index (κ3) is 3.48. The zero-order valence-corrected chi connectivity index (χ0v) is 15.7. The van der Waals surface area contributed by atoms with Gasteiger partial charge in [-0.05, 0) is 0 Å². The predicted molar refractivity (Wildman–Crippen MR) is 92.2 cm³/mol. The van der Waals surface area contributed by atoms with Crippen molar-refractivity contribution in [3.05, 3.63) is 40.9 Å². The van der Waals surface area contributed by atoms with Crippen molar-refractivity contribution in [2.75, 3.05) is 13.7 Å². The predicted octanol–water partition coefficient (Wildman–Crippen LogP) is 2.35. The molecule has 2 fully saturated rings. The van der Waals surface area contributed by atoms with Gasteiger partial charge in [-0.1, -0.05) is 0 Å². The van der Waals surface area contributed by atoms with E-state index in [0.717, 1.165) is 12.8 Å². The van der Waals surface area contributed by atoms with Crippen LogP contribution in [0.1, 0.15) is 32.1 Å². The average Bonchev–Trinajstić information content (AvgIpc) is 3.21. The zero-order valence-electron chi connectivity index (χ0n) is 14.0. The normalized spacial score (nSPS) is 32.2. The fourth-order valence-corrected chi connectivity index (χ4v) is 5.91. The molecule has 0 amide bonds. The quantitative estimate of drug-likeness (QED) is 0.734. The summed E-state index contributed by atoms with van der Waals surface area (Å²) in [5.41, 5.74) is 0. The molecule has 0 bridgehead atoms. The molecule has 3 aliphatic rings. The Balaban J connectivity index is 1.48. The molecule has 1 aromatic carbocycles. The Morgan fingerprint density at radius 1 is 1.12 bits per heavy atom. The topological polar surface area (TPSA) is 36.9 Å². The van der Waals surface area contributed by atoms with Gasteiger partial charge in [0.2, 0.25) is 0 Å². The van der Waals surface area contributed by atoms with E-state index in [0.29, 0.717) is 6.61 Å². The molecule has 2 heterocycles. The Bertz CT molecular complexity index is 582. The van der Waals surface area contributed by atoms with Crippen molar-refractivity contribution in [1.82, 2.24) is 0 Å². The molecule has 3 atom stereocenters. The van der Waals surface area contributed by atoms with Gasteiger partial charge in [0.25, 0.3) is 0 Å². The van der Waals surface area contributed by atoms with Gasteiger partial charge in [-0.2, -0.15) is 0 Å². The first-order chi connectivity index (χ1) is 11.8. The van der Waals surface area contributed by atoms with Gasteiger partial charge in [-0.15, -0.1) is 0 Å². The molecule has 1 saturated heterocycles. The van der Waals surface area contributed by atoms with Gasteiger partial charge in [0.1, 0.15) is 0 Å². The second-order valence-electron chi connectivity index (χ2n) is 6.58. The van der Waals surface area contributed by atoms with Gasteiger partial charge in [0.15, 0.2) is 0 Å². The second-order valence-corrected chi connectivity index (χ2v) is 8.99. The average molecular weight is 395 g/mol. The molecular weight excluding hydrogens is 371 g/mol. The third-order valence-electron chi connectivity index (χ3n) is 4.90. The molecule has 4 rings (SSSR count). The Labute approximate surface area is 149 Å². The van der Waals surface area contributed by atoms with Crippen LogP contribution in [-0.4, -0.2) is 53.0 Å². The van der Waals surface area contributed by atoms with Gasteiger partial charge in [0.05, 0.1) is 0 Å². The summed E-state index contributed by atoms with van der Waals surface area (Å²) in [6, 6.07) is 10.6. The summed E-state index contributed by atoms with van der Waals surface area (Å²) in [7, 11) is 1.69. The van der Waals surface area contributed by atoms with Crippen LogP contribution in [0, 0.1) is 0 Å². The van der Waals surface area contributed by atoms with Crippen LogP contribution in [0.15, 0.2) is 40.9 Å². The minimum absolute atomic E-state index is 0.0277. The fraction of sp³-hybridized carbons (Fsp3) is 0.579. The standard InChI is InChI=1S/C19H24O4Se/c1-20-17-12-16(24-14-8-4-2-5-9-14)18(22-17)15-13-21-19(23-15)10-6-3-7-11-19/h2,4-5,8-9,12,15,17-18H,3,6-7,10-11,13H2,1H3/t15?,17-,18-/m1/s1. The molecule has 2 aliphatic heterocycles. The summed E-state index contributed by atoms with van der Waals surface area (Å²) >= 11 is 0.213. The van der Waals surface area contributed by atoms with Crippen LogP contribution in [0.25, 0.3) is 0 Å². The van der Waals surface area contributed by atoms with Crippen molar-refractivity contribution in [2.24, 2.45) is 0 Å². The van der Waals surface area contributed by atoms with Crippen LogP contribution in [0.3, 0.4) is 0 Å². The summed E-state index contributed by atoms with van der Waals surface area (Å²) in [6.07, 6.45) is 7.43. The number of ether oxygens (including phenoxy) is 4. The molecule has 1 aliphatic carbocycles. The van der Waals surface area contributed by atoms with Gasteiger partial charge >= 0.3 is 149 Å². The molecule has 0 N–H and O–H groups in total. The minimum atomic E-state index is -0.359. The van der Waals surface area contributed by atoms with Crippen LogP contribution in [0.4, 0.5) is 0 Å². The first-order valence-corrected chi connectivity index (χ1v) is 10.4. The van der Waals surface area contributed by atoms with Gasteiger partial charge in [-0.25, -0.2) is 0 Å². The molecule has 1 aromatic rings. The maximum atomic E-state index is 6.40. The van der Waals surface area contributed by atoms with Crippen LogP contribution >= 0.6 is 0 Å². The van der Waals surface area contributed by atoms with E-state index in [-0.39, 0.29) is 39.2 Å². The summed E-state index contributed by atoms with van der Waals surface area (Å²) in [5, 5.41) is 0. The van der Waals surface area contributed by atoms with Crippen LogP contribution in [0.5, 0.6) is 0 Å². The molecule has 130 valence electrons. The number of benzene rings is 1. The maximum absolute atomic E-state index is 6.40. The van der Waals surface area contributed by atoms with Crippen molar-refractivity contribution >= 4 is 19.4 Å². The first-order valence-electron chi connectivity index (χ1n) is 8.73. The number of methoxy groups -OCH3 is 1. The third-order valence-corrected chi connectivity index (χ3v) is 7.24. The van der Waals surface area contributed by atoms with E-state index in [1.54, 1.807) is 7.11 Å². The molecule has 1 unspecified atom stereocenters. The SMILES string of the molecule is CO[C@H]1C=C([Se]c2ccccc2)[C@@H](C2COC3(CCCCC3)O2)O1. The van der Waals surface area contributed by atoms with Crippen molar-refractivity contribution in [1.29, 1.82) is 0 Å². The van der Waals surface area contributed by atoms with Gasteiger partial charge in [-0.3, -0.25) is 0 Å². The van der Waals surface area contributed by atoms with E-state index in [1.165, 1.54) is 28.2 Å². The van der Waals surface area contributed by atoms with Crippen molar-refractivity contribution in [3.8, 4) is 0 Å². The molecule has 1 spiro atoms. The van der Waals surface area contributed by atoms with E-state index in [2.05, 4.69) is 36.4 Å². The van der Waals surface area contributed by atoms with E-state index in [1.807, 2.05) is 0 Å². The van der Waals surface area contributed by atoms with Crippen molar-refractivity contribution in [2.45, 2.75) is 56.4 Å². The monoisotopic (exact) mass is 396 g/mol. The summed E-state index contributed by atoms with van der Waals surface area (Å²) in [5.74, 6) is -0.359. The fourth-order valence-electron chi connectivity index (χ4n) is 3.67. The molecule has 4 nitrogen and oxygen atoms in total. The summed E-state index contributed by atoms with van der Waals surface area (Å²) in [4.78, 5) is 0. The Kier molecular flexibility index (Phi) is 5.09. The molecule has 1 saturated carbocycles. The number of hydrogen-bond acceptors (Lipinski definition) is 4. The Morgan fingerprint density at radius 2 is 1.92 bits per heavy atom. The van der Waals surface area contributed by atoms with E-state index in [9.17, 15) is 0 Å². The number of hydrogen-bond donors (Lipinski definition) is 0. The number of rotatable bonds is 4. The molecule has 5 heteroatoms. The Morgan fingerprint density at radius 3 is 2.67 bits per heavy atom. The molecule has 24 heavy (non-hydrogen) atoms. The first kappa shape index (κ1) is 16.8. The second kappa shape index (κ2) is 7.28. The van der Waals surface area contributed by atoms with Crippen LogP contribution < -0.4 is 4.46 Å². The van der Waals surface area contributed by atoms with Crippen LogP contribution in [0.2, 0.25) is 0 Å². The van der Waals surface area contributed by atoms with Gasteiger partial charge < -0.3 is 0 Å². The van der Waals surface area contributed by atoms with Crippen LogP contribution in [-0.2, 0) is 18.9 Å². The van der Waals surface area contributed by atoms with Crippen molar-refractivity contribution < 1.29 is 18.9 Å². The molecular formula is C19H24O4Se. The molecule has 0 aromatic heterocycles. The van der Waals surface area contributed by atoms with E-state index < -0.39 is 0 Å². The zero-order chi connectivity index (χ0) is 16.4.